The Kier molecular flexibility index (Phi) is 3.22. The average molecular weight is 316 g/mol. The molecule has 7 heteroatoms. The number of nitrogens with one attached hydrogen (secondary N) is 1. The highest BCUT2D eigenvalue weighted by atomic mass is 32.2. The van der Waals surface area contributed by atoms with Crippen molar-refractivity contribution < 1.29 is 18.3 Å². The van der Waals surface area contributed by atoms with E-state index in [-0.39, 0.29) is 16.3 Å². The zero-order chi connectivity index (χ0) is 15.9. The quantitative estimate of drug-likeness (QED) is 0.886. The minimum atomic E-state index is -3.71. The summed E-state index contributed by atoms with van der Waals surface area (Å²) in [6.07, 6.45) is 0. The number of rotatable bonds is 2. The number of sulfonamides is 1. The summed E-state index contributed by atoms with van der Waals surface area (Å²) in [6.45, 7) is 1.65. The van der Waals surface area contributed by atoms with Gasteiger partial charge in [0, 0.05) is 11.3 Å². The highest BCUT2D eigenvalue weighted by Gasteiger charge is 2.28. The van der Waals surface area contributed by atoms with Gasteiger partial charge in [-0.2, -0.15) is 8.42 Å². The van der Waals surface area contributed by atoms with Crippen molar-refractivity contribution in [2.75, 3.05) is 5.32 Å². The second-order valence-corrected chi connectivity index (χ2v) is 6.39. The Morgan fingerprint density at radius 1 is 1.14 bits per heavy atom. The maximum Gasteiger partial charge on any atom is 0.336 e. The summed E-state index contributed by atoms with van der Waals surface area (Å²) in [5.41, 5.74) is 1.65. The van der Waals surface area contributed by atoms with Crippen molar-refractivity contribution in [2.45, 2.75) is 11.8 Å². The third kappa shape index (κ3) is 2.25. The molecular weight excluding hydrogens is 304 g/mol. The fraction of sp³-hybridized carbons (Fsp3) is 0.0667. The fourth-order valence-electron chi connectivity index (χ4n) is 2.33. The molecule has 0 amide bonds. The lowest BCUT2D eigenvalue weighted by atomic mass is 10.1. The Labute approximate surface area is 127 Å². The van der Waals surface area contributed by atoms with Crippen LogP contribution in [0.15, 0.2) is 51.8 Å². The molecule has 0 unspecified atom stereocenters. The van der Waals surface area contributed by atoms with Crippen molar-refractivity contribution in [1.29, 1.82) is 0 Å². The van der Waals surface area contributed by atoms with Gasteiger partial charge in [0.15, 0.2) is 5.84 Å². The smallest absolute Gasteiger partial charge is 0.336 e. The molecule has 6 nitrogen and oxygen atoms in total. The monoisotopic (exact) mass is 316 g/mol. The summed E-state index contributed by atoms with van der Waals surface area (Å²) in [5, 5.41) is 12.1. The highest BCUT2D eigenvalue weighted by molar-refractivity contribution is 7.90. The van der Waals surface area contributed by atoms with Crippen LogP contribution in [-0.2, 0) is 10.0 Å². The summed E-state index contributed by atoms with van der Waals surface area (Å²) in [5.74, 6) is -0.844. The number of hydrogen-bond donors (Lipinski definition) is 2. The van der Waals surface area contributed by atoms with E-state index in [1.54, 1.807) is 37.3 Å². The Hall–Kier alpha value is -2.67. The van der Waals surface area contributed by atoms with Gasteiger partial charge < -0.3 is 10.4 Å². The summed E-state index contributed by atoms with van der Waals surface area (Å²) >= 11 is 0. The molecule has 0 saturated carbocycles. The van der Waals surface area contributed by atoms with E-state index in [1.165, 1.54) is 12.1 Å². The zero-order valence-electron chi connectivity index (χ0n) is 11.6. The molecule has 22 heavy (non-hydrogen) atoms. The van der Waals surface area contributed by atoms with Gasteiger partial charge in [0.1, 0.15) is 4.90 Å². The van der Waals surface area contributed by atoms with Crippen molar-refractivity contribution in [3.05, 3.63) is 59.2 Å². The van der Waals surface area contributed by atoms with E-state index in [1.807, 2.05) is 0 Å². The zero-order valence-corrected chi connectivity index (χ0v) is 12.4. The normalized spacial score (nSPS) is 15.0. The lowest BCUT2D eigenvalue weighted by Crippen LogP contribution is -2.13. The van der Waals surface area contributed by atoms with Gasteiger partial charge in [0.05, 0.1) is 5.56 Å². The van der Waals surface area contributed by atoms with Crippen LogP contribution >= 0.6 is 0 Å². The molecule has 0 saturated heterocycles. The molecule has 0 aliphatic carbocycles. The van der Waals surface area contributed by atoms with Crippen molar-refractivity contribution in [3.8, 4) is 0 Å². The summed E-state index contributed by atoms with van der Waals surface area (Å²) < 4.78 is 27.7. The highest BCUT2D eigenvalue weighted by Crippen LogP contribution is 2.28. The van der Waals surface area contributed by atoms with Crippen LogP contribution in [0.4, 0.5) is 5.69 Å². The largest absolute Gasteiger partial charge is 0.478 e. The Morgan fingerprint density at radius 3 is 2.59 bits per heavy atom. The van der Waals surface area contributed by atoms with Crippen LogP contribution in [0.2, 0.25) is 0 Å². The third-order valence-corrected chi connectivity index (χ3v) is 4.78. The first kappa shape index (κ1) is 14.3. The molecule has 0 aromatic heterocycles. The summed E-state index contributed by atoms with van der Waals surface area (Å²) in [6, 6.07) is 11.3. The van der Waals surface area contributed by atoms with Gasteiger partial charge in [-0.1, -0.05) is 18.2 Å². The maximum atomic E-state index is 12.0. The van der Waals surface area contributed by atoms with Gasteiger partial charge in [0.2, 0.25) is 0 Å². The van der Waals surface area contributed by atoms with Crippen molar-refractivity contribution in [3.63, 3.8) is 0 Å². The second kappa shape index (κ2) is 4.96. The summed E-state index contributed by atoms with van der Waals surface area (Å²) in [7, 11) is -3.71. The maximum absolute atomic E-state index is 12.0. The molecule has 0 radical (unpaired) electrons. The SMILES string of the molecule is Cc1c(NC2=NS(=O)(=O)c3ccccc32)cccc1C(=O)O. The van der Waals surface area contributed by atoms with Crippen LogP contribution in [-0.4, -0.2) is 25.3 Å². The molecular formula is C15H12N2O4S. The predicted molar refractivity (Wildman–Crippen MR) is 81.9 cm³/mol. The molecule has 3 rings (SSSR count). The van der Waals surface area contributed by atoms with Gasteiger partial charge in [-0.25, -0.2) is 4.79 Å². The number of anilines is 1. The minimum Gasteiger partial charge on any atom is -0.478 e. The first-order valence-corrected chi connectivity index (χ1v) is 7.88. The molecule has 2 N–H and O–H groups in total. The lowest BCUT2D eigenvalue weighted by molar-refractivity contribution is 0.0696. The molecule has 2 aromatic rings. The first-order valence-electron chi connectivity index (χ1n) is 6.44. The lowest BCUT2D eigenvalue weighted by Gasteiger charge is -2.11. The Morgan fingerprint density at radius 2 is 1.86 bits per heavy atom. The molecule has 1 heterocycles. The molecule has 0 spiro atoms. The standard InChI is InChI=1S/C15H12N2O4S/c1-9-10(15(18)19)6-4-7-12(9)16-14-11-5-2-3-8-13(11)22(20,21)17-14/h2-8H,1H3,(H,16,17)(H,18,19). The van der Waals surface area contributed by atoms with Gasteiger partial charge >= 0.3 is 5.97 Å². The van der Waals surface area contributed by atoms with E-state index in [0.29, 0.717) is 16.8 Å². The number of amidine groups is 1. The number of nitrogens with zero attached hydrogens (tertiary/aromatic N) is 1. The van der Waals surface area contributed by atoms with Crippen molar-refractivity contribution in [2.24, 2.45) is 4.40 Å². The molecule has 112 valence electrons. The molecule has 1 aliphatic rings. The van der Waals surface area contributed by atoms with Crippen LogP contribution in [0.1, 0.15) is 21.5 Å². The molecule has 0 fully saturated rings. The second-order valence-electron chi connectivity index (χ2n) is 4.82. The van der Waals surface area contributed by atoms with E-state index in [0.717, 1.165) is 0 Å². The van der Waals surface area contributed by atoms with E-state index < -0.39 is 16.0 Å². The number of fused-ring (bicyclic) bond motifs is 1. The van der Waals surface area contributed by atoms with Gasteiger partial charge in [-0.3, -0.25) is 0 Å². The van der Waals surface area contributed by atoms with Crippen LogP contribution in [0.3, 0.4) is 0 Å². The van der Waals surface area contributed by atoms with Crippen LogP contribution < -0.4 is 5.32 Å². The van der Waals surface area contributed by atoms with E-state index in [4.69, 9.17) is 5.11 Å². The van der Waals surface area contributed by atoms with E-state index in [9.17, 15) is 13.2 Å². The van der Waals surface area contributed by atoms with Crippen LogP contribution in [0, 0.1) is 6.92 Å². The van der Waals surface area contributed by atoms with Gasteiger partial charge in [0.25, 0.3) is 10.0 Å². The Balaban J connectivity index is 2.06. The minimum absolute atomic E-state index is 0.143. The number of carboxylic acids is 1. The number of hydrogen-bond acceptors (Lipinski definition) is 4. The number of carbonyl (C=O) groups is 1. The fourth-order valence-corrected chi connectivity index (χ4v) is 3.50. The predicted octanol–water partition coefficient (Wildman–Crippen LogP) is 2.25. The molecule has 0 bridgehead atoms. The molecule has 2 aromatic carbocycles. The van der Waals surface area contributed by atoms with E-state index in [2.05, 4.69) is 9.71 Å². The number of aromatic carboxylic acids is 1. The van der Waals surface area contributed by atoms with Crippen molar-refractivity contribution in [1.82, 2.24) is 0 Å². The summed E-state index contributed by atoms with van der Waals surface area (Å²) in [4.78, 5) is 11.3. The van der Waals surface area contributed by atoms with Crippen LogP contribution in [0.25, 0.3) is 0 Å². The first-order chi connectivity index (χ1) is 10.4. The van der Waals surface area contributed by atoms with Gasteiger partial charge in [-0.15, -0.1) is 4.40 Å². The number of benzene rings is 2. The Bertz CT molecular complexity index is 917. The molecule has 1 aliphatic heterocycles. The number of carboxylic acid groups (broad SMARTS) is 1. The molecule has 0 atom stereocenters. The van der Waals surface area contributed by atoms with E-state index >= 15 is 0 Å². The topological polar surface area (TPSA) is 95.8 Å². The average Bonchev–Trinajstić information content (AvgIpc) is 2.73. The van der Waals surface area contributed by atoms with Crippen molar-refractivity contribution >= 4 is 27.5 Å². The third-order valence-electron chi connectivity index (χ3n) is 3.45. The van der Waals surface area contributed by atoms with Crippen LogP contribution in [0.5, 0.6) is 0 Å². The van der Waals surface area contributed by atoms with Gasteiger partial charge in [-0.05, 0) is 36.8 Å².